The standard InChI is InChI=1S/C20H26N4O2/c1-26-18-7-3-2-6-17(18)10-11-21-20(25)23-15-16-8-9-19(22-14-16)24-12-4-5-13-24/h2-3,6-9,14H,4-5,10-13,15H2,1H3,(H2,21,23,25). The molecule has 1 aromatic carbocycles. The van der Waals surface area contributed by atoms with E-state index < -0.39 is 0 Å². The zero-order valence-electron chi connectivity index (χ0n) is 15.2. The largest absolute Gasteiger partial charge is 0.496 e. The van der Waals surface area contributed by atoms with E-state index in [-0.39, 0.29) is 6.03 Å². The number of urea groups is 1. The number of methoxy groups -OCH3 is 1. The van der Waals surface area contributed by atoms with E-state index >= 15 is 0 Å². The molecule has 0 bridgehead atoms. The number of anilines is 1. The molecule has 1 aliphatic heterocycles. The van der Waals surface area contributed by atoms with E-state index in [2.05, 4.69) is 20.5 Å². The minimum Gasteiger partial charge on any atom is -0.496 e. The number of nitrogens with one attached hydrogen (secondary N) is 2. The van der Waals surface area contributed by atoms with E-state index in [0.717, 1.165) is 42.2 Å². The normalized spacial score (nSPS) is 13.5. The van der Waals surface area contributed by atoms with E-state index in [0.29, 0.717) is 13.1 Å². The quantitative estimate of drug-likeness (QED) is 0.802. The fourth-order valence-corrected chi connectivity index (χ4v) is 3.12. The van der Waals surface area contributed by atoms with Crippen LogP contribution in [0.1, 0.15) is 24.0 Å². The van der Waals surface area contributed by atoms with Crippen molar-refractivity contribution in [1.29, 1.82) is 0 Å². The second-order valence-electron chi connectivity index (χ2n) is 6.39. The summed E-state index contributed by atoms with van der Waals surface area (Å²) in [5, 5.41) is 5.74. The highest BCUT2D eigenvalue weighted by molar-refractivity contribution is 5.73. The van der Waals surface area contributed by atoms with Crippen LogP contribution in [0.15, 0.2) is 42.6 Å². The highest BCUT2D eigenvalue weighted by Crippen LogP contribution is 2.18. The molecule has 1 fully saturated rings. The molecule has 2 amide bonds. The van der Waals surface area contributed by atoms with Gasteiger partial charge in [0.25, 0.3) is 0 Å². The molecule has 6 nitrogen and oxygen atoms in total. The smallest absolute Gasteiger partial charge is 0.315 e. The molecule has 0 aliphatic carbocycles. The Labute approximate surface area is 154 Å². The number of ether oxygens (including phenoxy) is 1. The Morgan fingerprint density at radius 3 is 2.69 bits per heavy atom. The van der Waals surface area contributed by atoms with Crippen LogP contribution in [-0.4, -0.2) is 37.8 Å². The van der Waals surface area contributed by atoms with Gasteiger partial charge in [0.05, 0.1) is 7.11 Å². The number of benzene rings is 1. The topological polar surface area (TPSA) is 66.5 Å². The number of rotatable bonds is 7. The van der Waals surface area contributed by atoms with Gasteiger partial charge >= 0.3 is 6.03 Å². The van der Waals surface area contributed by atoms with E-state index in [9.17, 15) is 4.79 Å². The lowest BCUT2D eigenvalue weighted by atomic mass is 10.1. The first-order chi connectivity index (χ1) is 12.8. The third kappa shape index (κ3) is 4.88. The van der Waals surface area contributed by atoms with Gasteiger partial charge in [-0.05, 0) is 42.5 Å². The number of hydrogen-bond acceptors (Lipinski definition) is 4. The lowest BCUT2D eigenvalue weighted by Gasteiger charge is -2.16. The Bertz CT molecular complexity index is 712. The molecule has 138 valence electrons. The monoisotopic (exact) mass is 354 g/mol. The van der Waals surface area contributed by atoms with Crippen LogP contribution >= 0.6 is 0 Å². The molecule has 2 heterocycles. The zero-order valence-corrected chi connectivity index (χ0v) is 15.2. The van der Waals surface area contributed by atoms with E-state index in [4.69, 9.17) is 4.74 Å². The fourth-order valence-electron chi connectivity index (χ4n) is 3.12. The molecule has 0 unspecified atom stereocenters. The van der Waals surface area contributed by atoms with Gasteiger partial charge < -0.3 is 20.3 Å². The molecule has 1 aliphatic rings. The molecular weight excluding hydrogens is 328 g/mol. The predicted molar refractivity (Wildman–Crippen MR) is 103 cm³/mol. The molecule has 0 radical (unpaired) electrons. The summed E-state index contributed by atoms with van der Waals surface area (Å²) in [4.78, 5) is 18.7. The number of carbonyl (C=O) groups is 1. The number of hydrogen-bond donors (Lipinski definition) is 2. The lowest BCUT2D eigenvalue weighted by Crippen LogP contribution is -2.36. The van der Waals surface area contributed by atoms with E-state index in [1.165, 1.54) is 12.8 Å². The summed E-state index contributed by atoms with van der Waals surface area (Å²) < 4.78 is 5.32. The molecular formula is C20H26N4O2. The number of carbonyl (C=O) groups excluding carboxylic acids is 1. The molecule has 0 atom stereocenters. The van der Waals surface area contributed by atoms with Crippen LogP contribution in [0.25, 0.3) is 0 Å². The number of nitrogens with zero attached hydrogens (tertiary/aromatic N) is 2. The first kappa shape index (κ1) is 18.0. The molecule has 6 heteroatoms. The molecule has 1 saturated heterocycles. The van der Waals surface area contributed by atoms with Gasteiger partial charge in [-0.3, -0.25) is 0 Å². The summed E-state index contributed by atoms with van der Waals surface area (Å²) in [7, 11) is 1.65. The SMILES string of the molecule is COc1ccccc1CCNC(=O)NCc1ccc(N2CCCC2)nc1. The summed E-state index contributed by atoms with van der Waals surface area (Å²) in [6.45, 7) is 3.19. The van der Waals surface area contributed by atoms with Crippen LogP contribution < -0.4 is 20.3 Å². The van der Waals surface area contributed by atoms with Crippen molar-refractivity contribution in [2.75, 3.05) is 31.6 Å². The Hall–Kier alpha value is -2.76. The van der Waals surface area contributed by atoms with Crippen LogP contribution in [-0.2, 0) is 13.0 Å². The highest BCUT2D eigenvalue weighted by Gasteiger charge is 2.13. The van der Waals surface area contributed by atoms with Crippen LogP contribution in [0.4, 0.5) is 10.6 Å². The third-order valence-corrected chi connectivity index (χ3v) is 4.56. The fraction of sp³-hybridized carbons (Fsp3) is 0.400. The van der Waals surface area contributed by atoms with Crippen molar-refractivity contribution < 1.29 is 9.53 Å². The van der Waals surface area contributed by atoms with Crippen LogP contribution in [0, 0.1) is 0 Å². The second kappa shape index (κ2) is 9.08. The van der Waals surface area contributed by atoms with Gasteiger partial charge in [-0.2, -0.15) is 0 Å². The second-order valence-corrected chi connectivity index (χ2v) is 6.39. The van der Waals surface area contributed by atoms with Crippen LogP contribution in [0.2, 0.25) is 0 Å². The Balaban J connectivity index is 1.39. The van der Waals surface area contributed by atoms with Gasteiger partial charge in [-0.25, -0.2) is 9.78 Å². The van der Waals surface area contributed by atoms with Gasteiger partial charge in [-0.15, -0.1) is 0 Å². The summed E-state index contributed by atoms with van der Waals surface area (Å²) in [5.41, 5.74) is 2.07. The minimum atomic E-state index is -0.177. The van der Waals surface area contributed by atoms with Gasteiger partial charge in [0.15, 0.2) is 0 Å². The molecule has 0 saturated carbocycles. The molecule has 2 aromatic rings. The first-order valence-electron chi connectivity index (χ1n) is 9.10. The summed E-state index contributed by atoms with van der Waals surface area (Å²) in [6, 6.07) is 11.7. The van der Waals surface area contributed by atoms with Crippen molar-refractivity contribution in [1.82, 2.24) is 15.6 Å². The number of aromatic nitrogens is 1. The van der Waals surface area contributed by atoms with Gasteiger partial charge in [0.1, 0.15) is 11.6 Å². The predicted octanol–water partition coefficient (Wildman–Crippen LogP) is 2.73. The maximum absolute atomic E-state index is 12.0. The Morgan fingerprint density at radius 1 is 1.15 bits per heavy atom. The van der Waals surface area contributed by atoms with Crippen molar-refractivity contribution in [3.8, 4) is 5.75 Å². The summed E-state index contributed by atoms with van der Waals surface area (Å²) >= 11 is 0. The van der Waals surface area contributed by atoms with Crippen molar-refractivity contribution in [3.63, 3.8) is 0 Å². The van der Waals surface area contributed by atoms with E-state index in [1.54, 1.807) is 7.11 Å². The van der Waals surface area contributed by atoms with Crippen LogP contribution in [0.3, 0.4) is 0 Å². The van der Waals surface area contributed by atoms with Gasteiger partial charge in [0.2, 0.25) is 0 Å². The molecule has 2 N–H and O–H groups in total. The molecule has 0 spiro atoms. The maximum atomic E-state index is 12.0. The number of amides is 2. The van der Waals surface area contributed by atoms with Gasteiger partial charge in [-0.1, -0.05) is 24.3 Å². The lowest BCUT2D eigenvalue weighted by molar-refractivity contribution is 0.240. The minimum absolute atomic E-state index is 0.177. The number of pyridine rings is 1. The molecule has 26 heavy (non-hydrogen) atoms. The van der Waals surface area contributed by atoms with Crippen molar-refractivity contribution in [2.24, 2.45) is 0 Å². The Morgan fingerprint density at radius 2 is 1.96 bits per heavy atom. The Kier molecular flexibility index (Phi) is 6.30. The van der Waals surface area contributed by atoms with E-state index in [1.807, 2.05) is 42.6 Å². The highest BCUT2D eigenvalue weighted by atomic mass is 16.5. The number of para-hydroxylation sites is 1. The zero-order chi connectivity index (χ0) is 18.2. The molecule has 1 aromatic heterocycles. The van der Waals surface area contributed by atoms with Crippen molar-refractivity contribution in [2.45, 2.75) is 25.8 Å². The van der Waals surface area contributed by atoms with Crippen molar-refractivity contribution in [3.05, 3.63) is 53.7 Å². The average Bonchev–Trinajstić information content (AvgIpc) is 3.22. The maximum Gasteiger partial charge on any atom is 0.315 e. The van der Waals surface area contributed by atoms with Crippen LogP contribution in [0.5, 0.6) is 5.75 Å². The first-order valence-corrected chi connectivity index (χ1v) is 9.10. The third-order valence-electron chi connectivity index (χ3n) is 4.56. The summed E-state index contributed by atoms with van der Waals surface area (Å²) in [6.07, 6.45) is 5.03. The van der Waals surface area contributed by atoms with Gasteiger partial charge in [0, 0.05) is 32.4 Å². The van der Waals surface area contributed by atoms with Crippen molar-refractivity contribution >= 4 is 11.8 Å². The average molecular weight is 354 g/mol. The summed E-state index contributed by atoms with van der Waals surface area (Å²) in [5.74, 6) is 1.87. The molecule has 3 rings (SSSR count).